The van der Waals surface area contributed by atoms with E-state index >= 15 is 0 Å². The van der Waals surface area contributed by atoms with Crippen LogP contribution in [0.25, 0.3) is 0 Å². The summed E-state index contributed by atoms with van der Waals surface area (Å²) in [6.07, 6.45) is 4.07. The minimum atomic E-state index is -3.47. The molecule has 5 heteroatoms. The maximum absolute atomic E-state index is 11.1. The van der Waals surface area contributed by atoms with Crippen LogP contribution in [0.5, 0.6) is 0 Å². The molecule has 2 N–H and O–H groups in total. The van der Waals surface area contributed by atoms with Crippen LogP contribution in [0.4, 0.5) is 0 Å². The maximum Gasteiger partial charge on any atom is 0.277 e. The lowest BCUT2D eigenvalue weighted by Gasteiger charge is -2.23. The van der Waals surface area contributed by atoms with Gasteiger partial charge in [-0.3, -0.25) is 0 Å². The molecular weight excluding hydrogens is 176 g/mol. The van der Waals surface area contributed by atoms with Gasteiger partial charge in [-0.25, -0.2) is 5.14 Å². The summed E-state index contributed by atoms with van der Waals surface area (Å²) >= 11 is 0. The van der Waals surface area contributed by atoms with E-state index in [1.807, 2.05) is 6.92 Å². The van der Waals surface area contributed by atoms with Crippen molar-refractivity contribution in [2.45, 2.75) is 38.6 Å². The fourth-order valence-electron chi connectivity index (χ4n) is 1.63. The van der Waals surface area contributed by atoms with Crippen molar-refractivity contribution in [3.8, 4) is 0 Å². The van der Waals surface area contributed by atoms with Crippen LogP contribution in [0.1, 0.15) is 32.6 Å². The van der Waals surface area contributed by atoms with Gasteiger partial charge in [0.2, 0.25) is 0 Å². The summed E-state index contributed by atoms with van der Waals surface area (Å²) in [6.45, 7) is 2.50. The van der Waals surface area contributed by atoms with Crippen LogP contribution in [-0.4, -0.2) is 25.3 Å². The zero-order valence-electron chi connectivity index (χ0n) is 7.36. The van der Waals surface area contributed by atoms with Crippen LogP contribution < -0.4 is 5.14 Å². The standard InChI is InChI=1S/C7H16N2O2S/c1-7-5-3-2-4-6-9(7)12(8,10)11/h7H,2-6H2,1H3,(H2,8,10,11). The molecule has 12 heavy (non-hydrogen) atoms. The summed E-state index contributed by atoms with van der Waals surface area (Å²) in [5.41, 5.74) is 0. The second-order valence-electron chi connectivity index (χ2n) is 3.35. The molecule has 1 atom stereocenters. The average Bonchev–Trinajstić information content (AvgIpc) is 2.11. The van der Waals surface area contributed by atoms with E-state index < -0.39 is 10.2 Å². The molecule has 0 spiro atoms. The second-order valence-corrected chi connectivity index (χ2v) is 4.85. The quantitative estimate of drug-likeness (QED) is 0.655. The highest BCUT2D eigenvalue weighted by Crippen LogP contribution is 2.17. The van der Waals surface area contributed by atoms with E-state index in [0.717, 1.165) is 25.7 Å². The Morgan fingerprint density at radius 3 is 2.58 bits per heavy atom. The van der Waals surface area contributed by atoms with Crippen molar-refractivity contribution >= 4 is 10.2 Å². The Morgan fingerprint density at radius 1 is 1.33 bits per heavy atom. The molecule has 1 aliphatic heterocycles. The van der Waals surface area contributed by atoms with Crippen molar-refractivity contribution in [3.63, 3.8) is 0 Å². The molecular formula is C7H16N2O2S. The Kier molecular flexibility index (Phi) is 3.09. The van der Waals surface area contributed by atoms with Crippen LogP contribution in [0, 0.1) is 0 Å². The van der Waals surface area contributed by atoms with Crippen molar-refractivity contribution in [3.05, 3.63) is 0 Å². The molecule has 1 fully saturated rings. The lowest BCUT2D eigenvalue weighted by molar-refractivity contribution is 0.342. The molecule has 0 aliphatic carbocycles. The summed E-state index contributed by atoms with van der Waals surface area (Å²) < 4.78 is 23.5. The van der Waals surface area contributed by atoms with E-state index in [1.54, 1.807) is 0 Å². The minimum absolute atomic E-state index is 0.0718. The van der Waals surface area contributed by atoms with Crippen molar-refractivity contribution in [2.24, 2.45) is 5.14 Å². The van der Waals surface area contributed by atoms with Gasteiger partial charge in [0, 0.05) is 12.6 Å². The van der Waals surface area contributed by atoms with Gasteiger partial charge in [-0.15, -0.1) is 0 Å². The van der Waals surface area contributed by atoms with Crippen molar-refractivity contribution in [1.82, 2.24) is 4.31 Å². The first-order valence-electron chi connectivity index (χ1n) is 4.31. The third-order valence-electron chi connectivity index (χ3n) is 2.32. The Hall–Kier alpha value is -0.130. The van der Waals surface area contributed by atoms with Gasteiger partial charge >= 0.3 is 0 Å². The predicted octanol–water partition coefficient (Wildman–Crippen LogP) is 0.454. The summed E-state index contributed by atoms with van der Waals surface area (Å²) in [5.74, 6) is 0. The minimum Gasteiger partial charge on any atom is -0.216 e. The zero-order chi connectivity index (χ0) is 9.19. The molecule has 72 valence electrons. The van der Waals surface area contributed by atoms with Crippen molar-refractivity contribution < 1.29 is 8.42 Å². The first-order chi connectivity index (χ1) is 5.52. The second kappa shape index (κ2) is 3.72. The van der Waals surface area contributed by atoms with Gasteiger partial charge in [0.25, 0.3) is 10.2 Å². The molecule has 0 aromatic heterocycles. The predicted molar refractivity (Wildman–Crippen MR) is 47.7 cm³/mol. The number of hydrogen-bond acceptors (Lipinski definition) is 2. The molecule has 1 heterocycles. The molecule has 1 saturated heterocycles. The Labute approximate surface area is 73.9 Å². The number of hydrogen-bond donors (Lipinski definition) is 1. The smallest absolute Gasteiger partial charge is 0.216 e. The van der Waals surface area contributed by atoms with Gasteiger partial charge in [0.05, 0.1) is 0 Å². The third kappa shape index (κ3) is 2.43. The first-order valence-corrected chi connectivity index (χ1v) is 5.81. The monoisotopic (exact) mass is 192 g/mol. The van der Waals surface area contributed by atoms with Gasteiger partial charge < -0.3 is 0 Å². The Bertz CT molecular complexity index is 238. The molecule has 4 nitrogen and oxygen atoms in total. The molecule has 0 radical (unpaired) electrons. The molecule has 1 rings (SSSR count). The summed E-state index contributed by atoms with van der Waals surface area (Å²) in [6, 6.07) is 0.0718. The van der Waals surface area contributed by atoms with Gasteiger partial charge in [-0.1, -0.05) is 12.8 Å². The molecule has 1 aliphatic rings. The van der Waals surface area contributed by atoms with Crippen molar-refractivity contribution in [1.29, 1.82) is 0 Å². The Morgan fingerprint density at radius 2 is 2.00 bits per heavy atom. The van der Waals surface area contributed by atoms with E-state index in [2.05, 4.69) is 0 Å². The third-order valence-corrected chi connectivity index (χ3v) is 3.52. The van der Waals surface area contributed by atoms with Gasteiger partial charge in [-0.05, 0) is 19.8 Å². The van der Waals surface area contributed by atoms with E-state index in [9.17, 15) is 8.42 Å². The van der Waals surface area contributed by atoms with Gasteiger partial charge in [-0.2, -0.15) is 12.7 Å². The van der Waals surface area contributed by atoms with Crippen LogP contribution in [0.2, 0.25) is 0 Å². The summed E-state index contributed by atoms with van der Waals surface area (Å²) in [4.78, 5) is 0. The highest BCUT2D eigenvalue weighted by atomic mass is 32.2. The van der Waals surface area contributed by atoms with E-state index in [0.29, 0.717) is 6.54 Å². The van der Waals surface area contributed by atoms with Crippen LogP contribution in [0.3, 0.4) is 0 Å². The zero-order valence-corrected chi connectivity index (χ0v) is 8.18. The van der Waals surface area contributed by atoms with Crippen LogP contribution in [-0.2, 0) is 10.2 Å². The highest BCUT2D eigenvalue weighted by Gasteiger charge is 2.24. The van der Waals surface area contributed by atoms with Crippen LogP contribution >= 0.6 is 0 Å². The fourth-order valence-corrected chi connectivity index (χ4v) is 2.62. The van der Waals surface area contributed by atoms with Gasteiger partial charge in [0.15, 0.2) is 0 Å². The van der Waals surface area contributed by atoms with E-state index in [1.165, 1.54) is 4.31 Å². The molecule has 1 unspecified atom stereocenters. The largest absolute Gasteiger partial charge is 0.277 e. The summed E-state index contributed by atoms with van der Waals surface area (Å²) in [5, 5.41) is 5.07. The topological polar surface area (TPSA) is 63.4 Å². The lowest BCUT2D eigenvalue weighted by Crippen LogP contribution is -2.42. The lowest BCUT2D eigenvalue weighted by atomic mass is 10.1. The maximum atomic E-state index is 11.1. The summed E-state index contributed by atoms with van der Waals surface area (Å²) in [7, 11) is -3.47. The fraction of sp³-hybridized carbons (Fsp3) is 1.00. The molecule has 0 aromatic carbocycles. The van der Waals surface area contributed by atoms with E-state index in [-0.39, 0.29) is 6.04 Å². The van der Waals surface area contributed by atoms with E-state index in [4.69, 9.17) is 5.14 Å². The number of nitrogens with two attached hydrogens (primary N) is 1. The number of rotatable bonds is 1. The molecule has 0 amide bonds. The number of nitrogens with zero attached hydrogens (tertiary/aromatic N) is 1. The normalized spacial score (nSPS) is 28.3. The SMILES string of the molecule is CC1CCCCCN1S(N)(=O)=O. The molecule has 0 bridgehead atoms. The highest BCUT2D eigenvalue weighted by molar-refractivity contribution is 7.86. The van der Waals surface area contributed by atoms with Crippen LogP contribution in [0.15, 0.2) is 0 Å². The van der Waals surface area contributed by atoms with Gasteiger partial charge in [0.1, 0.15) is 0 Å². The first kappa shape index (κ1) is 9.95. The Balaban J connectivity index is 2.72. The molecule has 0 aromatic rings. The van der Waals surface area contributed by atoms with Crippen molar-refractivity contribution in [2.75, 3.05) is 6.54 Å². The average molecular weight is 192 g/mol. The molecule has 0 saturated carbocycles.